The average molecular weight is 568 g/mol. The molecule has 12 heteroatoms. The second-order valence-corrected chi connectivity index (χ2v) is 11.2. The summed E-state index contributed by atoms with van der Waals surface area (Å²) in [5, 5.41) is 16.7. The van der Waals surface area contributed by atoms with Crippen LogP contribution in [0, 0.1) is 10.1 Å². The highest BCUT2D eigenvalue weighted by Crippen LogP contribution is 2.35. The number of carbonyl (C=O) groups excluding carboxylic acids is 1. The van der Waals surface area contributed by atoms with Gasteiger partial charge in [0.1, 0.15) is 4.83 Å². The lowest BCUT2D eigenvalue weighted by atomic mass is 9.97. The molecule has 4 aromatic rings. The van der Waals surface area contributed by atoms with Crippen LogP contribution in [0.25, 0.3) is 15.9 Å². The van der Waals surface area contributed by atoms with E-state index < -0.39 is 10.8 Å². The van der Waals surface area contributed by atoms with E-state index in [1.165, 1.54) is 21.6 Å². The van der Waals surface area contributed by atoms with Crippen LogP contribution in [0.15, 0.2) is 63.6 Å². The van der Waals surface area contributed by atoms with Crippen molar-refractivity contribution in [3.8, 4) is 5.69 Å². The van der Waals surface area contributed by atoms with Crippen LogP contribution in [-0.2, 0) is 17.6 Å². The van der Waals surface area contributed by atoms with Crippen molar-refractivity contribution in [2.75, 3.05) is 5.75 Å². The maximum absolute atomic E-state index is 13.8. The van der Waals surface area contributed by atoms with E-state index in [2.05, 4.69) is 10.5 Å². The summed E-state index contributed by atoms with van der Waals surface area (Å²) in [5.74, 6) is -0.440. The summed E-state index contributed by atoms with van der Waals surface area (Å²) < 4.78 is 1.54. The fourth-order valence-corrected chi connectivity index (χ4v) is 6.55. The van der Waals surface area contributed by atoms with Crippen LogP contribution in [0.2, 0.25) is 5.02 Å². The molecule has 1 aliphatic carbocycles. The second kappa shape index (κ2) is 11.1. The minimum atomic E-state index is -0.486. The minimum Gasteiger partial charge on any atom is -0.272 e. The number of aromatic nitrogens is 2. The molecule has 194 valence electrons. The van der Waals surface area contributed by atoms with Crippen LogP contribution in [0.1, 0.15) is 35.8 Å². The molecule has 0 fully saturated rings. The summed E-state index contributed by atoms with van der Waals surface area (Å²) in [6, 6.07) is 13.0. The molecular formula is C26H22ClN5O4S2. The first-order valence-corrected chi connectivity index (χ1v) is 14.0. The summed E-state index contributed by atoms with van der Waals surface area (Å²) in [5.41, 5.74) is 4.94. The molecule has 0 aliphatic heterocycles. The van der Waals surface area contributed by atoms with Gasteiger partial charge in [0, 0.05) is 27.6 Å². The molecule has 5 rings (SSSR count). The number of fused-ring (bicyclic) bond motifs is 3. The molecule has 0 bridgehead atoms. The Kier molecular flexibility index (Phi) is 7.59. The van der Waals surface area contributed by atoms with E-state index in [1.807, 2.05) is 0 Å². The standard InChI is InChI=1S/C26H22ClN5O4S2/c1-15(16-5-4-6-19(13-16)32(35)36)29-30-22(33)14-37-26-28-24-23(20-7-2-3-8-21(20)38-24)25(34)31(26)18-11-9-17(27)10-12-18/h4-6,9-13H,2-3,7-8,14H2,1H3,(H,30,33). The first-order chi connectivity index (χ1) is 18.3. The maximum atomic E-state index is 13.8. The van der Waals surface area contributed by atoms with Crippen LogP contribution in [0.4, 0.5) is 5.69 Å². The molecule has 2 heterocycles. The van der Waals surface area contributed by atoms with E-state index in [4.69, 9.17) is 16.6 Å². The third kappa shape index (κ3) is 5.35. The molecule has 1 N–H and O–H groups in total. The summed E-state index contributed by atoms with van der Waals surface area (Å²) in [4.78, 5) is 43.7. The monoisotopic (exact) mass is 567 g/mol. The van der Waals surface area contributed by atoms with Crippen molar-refractivity contribution in [2.24, 2.45) is 5.10 Å². The normalized spacial score (nSPS) is 13.4. The van der Waals surface area contributed by atoms with E-state index in [0.717, 1.165) is 43.0 Å². The van der Waals surface area contributed by atoms with E-state index >= 15 is 0 Å². The number of nitrogens with zero attached hydrogens (tertiary/aromatic N) is 4. The number of carbonyl (C=O) groups is 1. The van der Waals surface area contributed by atoms with Crippen LogP contribution >= 0.6 is 34.7 Å². The highest BCUT2D eigenvalue weighted by atomic mass is 35.5. The number of aryl methyl sites for hydroxylation is 2. The Balaban J connectivity index is 1.42. The van der Waals surface area contributed by atoms with Crippen molar-refractivity contribution < 1.29 is 9.72 Å². The van der Waals surface area contributed by atoms with Crippen LogP contribution < -0.4 is 11.0 Å². The van der Waals surface area contributed by atoms with Gasteiger partial charge >= 0.3 is 0 Å². The van der Waals surface area contributed by atoms with Gasteiger partial charge in [-0.1, -0.05) is 35.5 Å². The molecule has 1 aliphatic rings. The van der Waals surface area contributed by atoms with Crippen molar-refractivity contribution in [2.45, 2.75) is 37.8 Å². The Morgan fingerprint density at radius 3 is 2.76 bits per heavy atom. The highest BCUT2D eigenvalue weighted by molar-refractivity contribution is 7.99. The van der Waals surface area contributed by atoms with Gasteiger partial charge in [-0.15, -0.1) is 11.3 Å². The molecule has 0 unspecified atom stereocenters. The van der Waals surface area contributed by atoms with Crippen molar-refractivity contribution in [1.29, 1.82) is 0 Å². The molecule has 9 nitrogen and oxygen atoms in total. The number of rotatable bonds is 7. The number of benzene rings is 2. The molecule has 0 saturated heterocycles. The Morgan fingerprint density at radius 2 is 2.00 bits per heavy atom. The molecule has 2 aromatic heterocycles. The number of hydrogen-bond donors (Lipinski definition) is 1. The highest BCUT2D eigenvalue weighted by Gasteiger charge is 2.23. The minimum absolute atomic E-state index is 0.0393. The first kappa shape index (κ1) is 26.1. The van der Waals surface area contributed by atoms with Crippen molar-refractivity contribution in [3.05, 3.63) is 90.0 Å². The van der Waals surface area contributed by atoms with Crippen LogP contribution in [0.3, 0.4) is 0 Å². The number of non-ortho nitro benzene ring substituents is 1. The number of amides is 1. The number of nitro groups is 1. The topological polar surface area (TPSA) is 119 Å². The van der Waals surface area contributed by atoms with Crippen LogP contribution in [0.5, 0.6) is 0 Å². The lowest BCUT2D eigenvalue weighted by Gasteiger charge is -2.13. The molecule has 2 aromatic carbocycles. The zero-order chi connectivity index (χ0) is 26.8. The smallest absolute Gasteiger partial charge is 0.270 e. The largest absolute Gasteiger partial charge is 0.272 e. The number of thioether (sulfide) groups is 1. The quantitative estimate of drug-likeness (QED) is 0.103. The molecule has 0 radical (unpaired) electrons. The van der Waals surface area contributed by atoms with Gasteiger partial charge in [-0.2, -0.15) is 5.10 Å². The predicted octanol–water partition coefficient (Wildman–Crippen LogP) is 5.52. The van der Waals surface area contributed by atoms with Gasteiger partial charge in [-0.3, -0.25) is 24.3 Å². The SMILES string of the molecule is CC(=NNC(=O)CSc1nc2sc3c(c2c(=O)n1-c1ccc(Cl)cc1)CCCC3)c1cccc([N+](=O)[O-])c1. The number of hydrazone groups is 1. The predicted molar refractivity (Wildman–Crippen MR) is 151 cm³/mol. The third-order valence-corrected chi connectivity index (χ3v) is 8.57. The van der Waals surface area contributed by atoms with Gasteiger partial charge in [0.05, 0.1) is 27.5 Å². The number of nitro benzene ring substituents is 1. The van der Waals surface area contributed by atoms with Crippen molar-refractivity contribution >= 4 is 62.2 Å². The van der Waals surface area contributed by atoms with Gasteiger partial charge in [0.15, 0.2) is 5.16 Å². The maximum Gasteiger partial charge on any atom is 0.270 e. The van der Waals surface area contributed by atoms with Gasteiger partial charge < -0.3 is 0 Å². The summed E-state index contributed by atoms with van der Waals surface area (Å²) >= 11 is 8.77. The molecular weight excluding hydrogens is 546 g/mol. The van der Waals surface area contributed by atoms with E-state index in [-0.39, 0.29) is 17.0 Å². The second-order valence-electron chi connectivity index (χ2n) is 8.73. The summed E-state index contributed by atoms with van der Waals surface area (Å²) in [6.45, 7) is 1.65. The molecule has 0 saturated carbocycles. The third-order valence-electron chi connectivity index (χ3n) is 6.20. The van der Waals surface area contributed by atoms with E-state index in [1.54, 1.807) is 54.7 Å². The first-order valence-electron chi connectivity index (χ1n) is 11.9. The zero-order valence-electron chi connectivity index (χ0n) is 20.3. The molecule has 38 heavy (non-hydrogen) atoms. The summed E-state index contributed by atoms with van der Waals surface area (Å²) in [6.07, 6.45) is 3.96. The molecule has 0 spiro atoms. The van der Waals surface area contributed by atoms with Crippen LogP contribution in [-0.4, -0.2) is 31.8 Å². The number of thiophene rings is 1. The number of halogens is 1. The number of hydrogen-bond acceptors (Lipinski definition) is 8. The summed E-state index contributed by atoms with van der Waals surface area (Å²) in [7, 11) is 0. The van der Waals surface area contributed by atoms with E-state index in [9.17, 15) is 19.7 Å². The number of nitrogens with one attached hydrogen (secondary N) is 1. The Bertz CT molecular complexity index is 1650. The van der Waals surface area contributed by atoms with Gasteiger partial charge in [0.2, 0.25) is 0 Å². The molecule has 1 amide bonds. The van der Waals surface area contributed by atoms with E-state index in [0.29, 0.717) is 37.4 Å². The Labute approximate surface area is 230 Å². The van der Waals surface area contributed by atoms with Crippen molar-refractivity contribution in [3.63, 3.8) is 0 Å². The van der Waals surface area contributed by atoms with Gasteiger partial charge in [0.25, 0.3) is 17.2 Å². The lowest BCUT2D eigenvalue weighted by molar-refractivity contribution is -0.384. The zero-order valence-corrected chi connectivity index (χ0v) is 22.7. The van der Waals surface area contributed by atoms with Gasteiger partial charge in [-0.05, 0) is 62.4 Å². The van der Waals surface area contributed by atoms with Gasteiger partial charge in [-0.25, -0.2) is 10.4 Å². The average Bonchev–Trinajstić information content (AvgIpc) is 3.30. The lowest BCUT2D eigenvalue weighted by Crippen LogP contribution is -2.24. The fourth-order valence-electron chi connectivity index (χ4n) is 4.32. The van der Waals surface area contributed by atoms with Crippen molar-refractivity contribution in [1.82, 2.24) is 15.0 Å². The fraction of sp³-hybridized carbons (Fsp3) is 0.231. The Hall–Kier alpha value is -3.54. The molecule has 0 atom stereocenters. The Morgan fingerprint density at radius 1 is 1.24 bits per heavy atom.